The third kappa shape index (κ3) is 3.05. The molecule has 0 saturated carbocycles. The van der Waals surface area contributed by atoms with Crippen LogP contribution in [0.2, 0.25) is 0 Å². The topological polar surface area (TPSA) is 61.5 Å². The minimum atomic E-state index is -4.39. The van der Waals surface area contributed by atoms with Gasteiger partial charge in [0.2, 0.25) is 4.96 Å². The maximum absolute atomic E-state index is 12.8. The average molecular weight is 406 g/mol. The van der Waals surface area contributed by atoms with Crippen LogP contribution in [0.4, 0.5) is 13.2 Å². The van der Waals surface area contributed by atoms with Gasteiger partial charge in [0.15, 0.2) is 22.3 Å². The van der Waals surface area contributed by atoms with E-state index in [4.69, 9.17) is 9.47 Å². The van der Waals surface area contributed by atoms with Gasteiger partial charge in [-0.15, -0.1) is 10.2 Å². The molecule has 0 saturated heterocycles. The first-order valence-corrected chi connectivity index (χ1v) is 8.85. The number of nitrogens with zero attached hydrogens (tertiary/aromatic N) is 4. The largest absolute Gasteiger partial charge is 0.493 e. The van der Waals surface area contributed by atoms with E-state index in [0.29, 0.717) is 32.9 Å². The standard InChI is InChI=1S/C18H13F3N4O2S/c1-26-13-5-3-4-12(14(13)27-2)16-24-25-15(22-23-17(25)28-16)10-6-8-11(9-7-10)18(19,20)21/h3-9H,1-2H3. The van der Waals surface area contributed by atoms with E-state index in [1.165, 1.54) is 35.1 Å². The molecule has 0 amide bonds. The number of methoxy groups -OCH3 is 2. The molecule has 0 aliphatic heterocycles. The third-order valence-corrected chi connectivity index (χ3v) is 5.03. The van der Waals surface area contributed by atoms with Crippen LogP contribution >= 0.6 is 11.3 Å². The van der Waals surface area contributed by atoms with Gasteiger partial charge in [0, 0.05) is 5.56 Å². The summed E-state index contributed by atoms with van der Waals surface area (Å²) in [4.78, 5) is 0.509. The van der Waals surface area contributed by atoms with Crippen molar-refractivity contribution in [3.63, 3.8) is 0 Å². The lowest BCUT2D eigenvalue weighted by Gasteiger charge is -2.10. The molecule has 4 rings (SSSR count). The van der Waals surface area contributed by atoms with Crippen molar-refractivity contribution < 1.29 is 22.6 Å². The summed E-state index contributed by atoms with van der Waals surface area (Å²) >= 11 is 1.28. The van der Waals surface area contributed by atoms with Crippen molar-refractivity contribution in [1.82, 2.24) is 19.8 Å². The first kappa shape index (κ1) is 18.2. The van der Waals surface area contributed by atoms with Gasteiger partial charge >= 0.3 is 6.18 Å². The van der Waals surface area contributed by atoms with Crippen molar-refractivity contribution in [3.05, 3.63) is 48.0 Å². The van der Waals surface area contributed by atoms with Crippen LogP contribution in [0.1, 0.15) is 5.56 Å². The Morgan fingerprint density at radius 3 is 2.36 bits per heavy atom. The fourth-order valence-corrected chi connectivity index (χ4v) is 3.63. The molecule has 4 aromatic rings. The van der Waals surface area contributed by atoms with Crippen LogP contribution in [0.3, 0.4) is 0 Å². The van der Waals surface area contributed by atoms with Gasteiger partial charge in [-0.1, -0.05) is 29.5 Å². The third-order valence-electron chi connectivity index (χ3n) is 4.09. The summed E-state index contributed by atoms with van der Waals surface area (Å²) in [5, 5.41) is 13.3. The lowest BCUT2D eigenvalue weighted by Crippen LogP contribution is -2.04. The van der Waals surface area contributed by atoms with E-state index in [0.717, 1.165) is 17.7 Å². The molecule has 2 aromatic heterocycles. The molecule has 0 aliphatic carbocycles. The Balaban J connectivity index is 1.78. The molecule has 28 heavy (non-hydrogen) atoms. The van der Waals surface area contributed by atoms with Crippen LogP contribution in [0.15, 0.2) is 42.5 Å². The normalized spacial score (nSPS) is 11.8. The number of aromatic nitrogens is 4. The van der Waals surface area contributed by atoms with Gasteiger partial charge in [-0.05, 0) is 24.3 Å². The smallest absolute Gasteiger partial charge is 0.416 e. The zero-order valence-electron chi connectivity index (χ0n) is 14.7. The van der Waals surface area contributed by atoms with Gasteiger partial charge in [0.05, 0.1) is 25.3 Å². The Morgan fingerprint density at radius 2 is 1.71 bits per heavy atom. The molecular formula is C18H13F3N4O2S. The molecule has 144 valence electrons. The van der Waals surface area contributed by atoms with Gasteiger partial charge in [0.25, 0.3) is 0 Å². The van der Waals surface area contributed by atoms with Crippen LogP contribution in [0, 0.1) is 0 Å². The molecule has 0 bridgehead atoms. The van der Waals surface area contributed by atoms with E-state index < -0.39 is 11.7 Å². The van der Waals surface area contributed by atoms with Crippen LogP contribution in [-0.2, 0) is 6.18 Å². The maximum Gasteiger partial charge on any atom is 0.416 e. The van der Waals surface area contributed by atoms with Crippen molar-refractivity contribution >= 4 is 16.3 Å². The number of hydrogen-bond donors (Lipinski definition) is 0. The van der Waals surface area contributed by atoms with Crippen molar-refractivity contribution in [2.24, 2.45) is 0 Å². The minimum absolute atomic E-state index is 0.355. The van der Waals surface area contributed by atoms with Crippen molar-refractivity contribution in [2.75, 3.05) is 14.2 Å². The van der Waals surface area contributed by atoms with E-state index >= 15 is 0 Å². The average Bonchev–Trinajstić information content (AvgIpc) is 3.27. The summed E-state index contributed by atoms with van der Waals surface area (Å²) in [6.07, 6.45) is -4.39. The Hall–Kier alpha value is -3.14. The second-order valence-electron chi connectivity index (χ2n) is 5.74. The summed E-state index contributed by atoms with van der Waals surface area (Å²) in [6, 6.07) is 10.1. The molecule has 0 spiro atoms. The van der Waals surface area contributed by atoms with E-state index in [-0.39, 0.29) is 0 Å². The lowest BCUT2D eigenvalue weighted by molar-refractivity contribution is -0.137. The van der Waals surface area contributed by atoms with Gasteiger partial charge in [-0.2, -0.15) is 22.8 Å². The number of fused-ring (bicyclic) bond motifs is 1. The molecule has 0 aliphatic rings. The van der Waals surface area contributed by atoms with Crippen molar-refractivity contribution in [3.8, 4) is 33.5 Å². The summed E-state index contributed by atoms with van der Waals surface area (Å²) in [5.74, 6) is 1.45. The fraction of sp³-hybridized carbons (Fsp3) is 0.167. The highest BCUT2D eigenvalue weighted by molar-refractivity contribution is 7.19. The molecule has 6 nitrogen and oxygen atoms in total. The van der Waals surface area contributed by atoms with Crippen LogP contribution in [0.25, 0.3) is 26.9 Å². The van der Waals surface area contributed by atoms with Crippen molar-refractivity contribution in [2.45, 2.75) is 6.18 Å². The molecule has 2 aromatic carbocycles. The summed E-state index contributed by atoms with van der Waals surface area (Å²) in [7, 11) is 3.08. The first-order chi connectivity index (χ1) is 13.4. The molecular weight excluding hydrogens is 393 g/mol. The Kier molecular flexibility index (Phi) is 4.42. The van der Waals surface area contributed by atoms with Gasteiger partial charge in [0.1, 0.15) is 0 Å². The predicted molar refractivity (Wildman–Crippen MR) is 97.6 cm³/mol. The Morgan fingerprint density at radius 1 is 0.964 bits per heavy atom. The zero-order chi connectivity index (χ0) is 19.9. The maximum atomic E-state index is 12.8. The van der Waals surface area contributed by atoms with E-state index in [2.05, 4.69) is 15.3 Å². The molecule has 0 atom stereocenters. The van der Waals surface area contributed by atoms with Gasteiger partial charge < -0.3 is 9.47 Å². The van der Waals surface area contributed by atoms with E-state index in [9.17, 15) is 13.2 Å². The van der Waals surface area contributed by atoms with Gasteiger partial charge in [-0.25, -0.2) is 0 Å². The highest BCUT2D eigenvalue weighted by Gasteiger charge is 2.30. The van der Waals surface area contributed by atoms with Crippen LogP contribution in [-0.4, -0.2) is 34.0 Å². The van der Waals surface area contributed by atoms with E-state index in [1.54, 1.807) is 13.2 Å². The number of para-hydroxylation sites is 1. The number of ether oxygens (including phenoxy) is 2. The first-order valence-electron chi connectivity index (χ1n) is 8.03. The molecule has 0 fully saturated rings. The molecule has 0 radical (unpaired) electrons. The summed E-state index contributed by atoms with van der Waals surface area (Å²) in [6.45, 7) is 0. The quantitative estimate of drug-likeness (QED) is 0.497. The molecule has 0 N–H and O–H groups in total. The highest BCUT2D eigenvalue weighted by atomic mass is 32.1. The lowest BCUT2D eigenvalue weighted by atomic mass is 10.1. The molecule has 2 heterocycles. The second-order valence-corrected chi connectivity index (χ2v) is 6.70. The summed E-state index contributed by atoms with van der Waals surface area (Å²) < 4.78 is 50.6. The van der Waals surface area contributed by atoms with Crippen molar-refractivity contribution in [1.29, 1.82) is 0 Å². The SMILES string of the molecule is COc1cccc(-c2nn3c(-c4ccc(C(F)(F)F)cc4)nnc3s2)c1OC. The monoisotopic (exact) mass is 406 g/mol. The predicted octanol–water partition coefficient (Wildman–Crippen LogP) is 4.56. The molecule has 0 unspecified atom stereocenters. The summed E-state index contributed by atoms with van der Waals surface area (Å²) in [5.41, 5.74) is 0.475. The zero-order valence-corrected chi connectivity index (χ0v) is 15.5. The number of rotatable bonds is 4. The Labute approximate surface area is 161 Å². The molecule has 10 heteroatoms. The fourth-order valence-electron chi connectivity index (χ4n) is 2.77. The van der Waals surface area contributed by atoms with Crippen LogP contribution < -0.4 is 9.47 Å². The Bertz CT molecular complexity index is 1140. The minimum Gasteiger partial charge on any atom is -0.493 e. The second kappa shape index (κ2) is 6.79. The van der Waals surface area contributed by atoms with Crippen LogP contribution in [0.5, 0.6) is 11.5 Å². The number of benzene rings is 2. The number of alkyl halides is 3. The highest BCUT2D eigenvalue weighted by Crippen LogP contribution is 2.40. The number of hydrogen-bond acceptors (Lipinski definition) is 6. The van der Waals surface area contributed by atoms with Gasteiger partial charge in [-0.3, -0.25) is 0 Å². The number of halogens is 3. The van der Waals surface area contributed by atoms with E-state index in [1.807, 2.05) is 12.1 Å².